The summed E-state index contributed by atoms with van der Waals surface area (Å²) >= 11 is 7.69. The second kappa shape index (κ2) is 6.67. The molecule has 2 aromatic carbocycles. The van der Waals surface area contributed by atoms with E-state index in [0.29, 0.717) is 11.5 Å². The number of hydrogen-bond donors (Lipinski definition) is 1. The van der Waals surface area contributed by atoms with Gasteiger partial charge < -0.3 is 5.32 Å². The van der Waals surface area contributed by atoms with Crippen LogP contribution in [0.4, 0.5) is 15.9 Å². The van der Waals surface area contributed by atoms with Crippen molar-refractivity contribution in [1.82, 2.24) is 9.97 Å². The molecule has 0 saturated heterocycles. The van der Waals surface area contributed by atoms with Crippen molar-refractivity contribution in [2.45, 2.75) is 13.8 Å². The van der Waals surface area contributed by atoms with E-state index in [0.717, 1.165) is 26.2 Å². The van der Waals surface area contributed by atoms with Crippen molar-refractivity contribution in [1.29, 1.82) is 0 Å². The highest BCUT2D eigenvalue weighted by atomic mass is 35.5. The molecular weight excluding hydrogens is 369 g/mol. The predicted molar refractivity (Wildman–Crippen MR) is 107 cm³/mol. The lowest BCUT2D eigenvalue weighted by Gasteiger charge is -2.10. The van der Waals surface area contributed by atoms with Crippen LogP contribution < -0.4 is 5.32 Å². The summed E-state index contributed by atoms with van der Waals surface area (Å²) in [4.78, 5) is 10.7. The molecule has 0 spiro atoms. The Hall–Kier alpha value is -2.50. The van der Waals surface area contributed by atoms with Gasteiger partial charge in [-0.25, -0.2) is 9.37 Å². The Kier molecular flexibility index (Phi) is 4.34. The minimum Gasteiger partial charge on any atom is -0.339 e. The van der Waals surface area contributed by atoms with Gasteiger partial charge in [0.05, 0.1) is 5.39 Å². The second-order valence-corrected chi connectivity index (χ2v) is 7.60. The molecule has 130 valence electrons. The number of fused-ring (bicyclic) bond motifs is 1. The van der Waals surface area contributed by atoms with E-state index >= 15 is 0 Å². The summed E-state index contributed by atoms with van der Waals surface area (Å²) in [6.07, 6.45) is 0. The molecule has 1 N–H and O–H groups in total. The molecular formula is C20H15ClFN3S. The molecule has 0 aliphatic rings. The van der Waals surface area contributed by atoms with Crippen molar-refractivity contribution in [3.63, 3.8) is 0 Å². The number of aryl methyl sites for hydroxylation is 2. The summed E-state index contributed by atoms with van der Waals surface area (Å²) < 4.78 is 13.6. The first-order valence-corrected chi connectivity index (χ1v) is 9.27. The minimum atomic E-state index is -0.313. The largest absolute Gasteiger partial charge is 0.339 e. The van der Waals surface area contributed by atoms with E-state index in [1.165, 1.54) is 17.7 Å². The summed E-state index contributed by atoms with van der Waals surface area (Å²) in [7, 11) is 0. The Morgan fingerprint density at radius 2 is 1.81 bits per heavy atom. The Balaban J connectivity index is 1.93. The van der Waals surface area contributed by atoms with Gasteiger partial charge >= 0.3 is 0 Å². The third kappa shape index (κ3) is 3.16. The van der Waals surface area contributed by atoms with Crippen LogP contribution in [-0.4, -0.2) is 9.97 Å². The third-order valence-electron chi connectivity index (χ3n) is 4.13. The van der Waals surface area contributed by atoms with Crippen LogP contribution in [0.25, 0.3) is 21.3 Å². The average Bonchev–Trinajstić information content (AvgIpc) is 2.91. The Bertz CT molecular complexity index is 1110. The molecule has 0 fully saturated rings. The number of halogens is 2. The van der Waals surface area contributed by atoms with Gasteiger partial charge in [0.15, 0.2) is 0 Å². The van der Waals surface area contributed by atoms with Crippen LogP contribution in [0.3, 0.4) is 0 Å². The zero-order valence-electron chi connectivity index (χ0n) is 14.2. The molecule has 2 aromatic heterocycles. The van der Waals surface area contributed by atoms with Crippen LogP contribution in [-0.2, 0) is 0 Å². The van der Waals surface area contributed by atoms with E-state index in [2.05, 4.69) is 53.4 Å². The van der Waals surface area contributed by atoms with Crippen molar-refractivity contribution < 1.29 is 4.39 Å². The first-order chi connectivity index (χ1) is 12.5. The standard InChI is InChI=1S/C20H15ClFN3S/c1-11-6-8-13(9-7-11)16-12(2)26-19-17(16)18(24-20(21)25-19)23-15-5-3-4-14(22)10-15/h3-10H,1-2H3,(H,23,24,25). The molecule has 2 heterocycles. The minimum absolute atomic E-state index is 0.160. The molecule has 0 aliphatic heterocycles. The highest BCUT2D eigenvalue weighted by Crippen LogP contribution is 2.41. The molecule has 0 atom stereocenters. The number of aromatic nitrogens is 2. The van der Waals surface area contributed by atoms with E-state index < -0.39 is 0 Å². The fourth-order valence-electron chi connectivity index (χ4n) is 2.95. The number of nitrogens with one attached hydrogen (secondary N) is 1. The van der Waals surface area contributed by atoms with E-state index in [-0.39, 0.29) is 11.1 Å². The second-order valence-electron chi connectivity index (χ2n) is 6.06. The fraction of sp³-hybridized carbons (Fsp3) is 0.100. The number of rotatable bonds is 3. The van der Waals surface area contributed by atoms with Gasteiger partial charge in [0.25, 0.3) is 0 Å². The Morgan fingerprint density at radius 3 is 2.54 bits per heavy atom. The van der Waals surface area contributed by atoms with Crippen molar-refractivity contribution >= 4 is 44.7 Å². The fourth-order valence-corrected chi connectivity index (χ4v) is 4.21. The van der Waals surface area contributed by atoms with Crippen molar-refractivity contribution in [2.75, 3.05) is 5.32 Å². The first-order valence-electron chi connectivity index (χ1n) is 8.07. The number of thiophene rings is 1. The van der Waals surface area contributed by atoms with Crippen LogP contribution in [0, 0.1) is 19.7 Å². The molecule has 0 bridgehead atoms. The monoisotopic (exact) mass is 383 g/mol. The van der Waals surface area contributed by atoms with Crippen molar-refractivity contribution in [3.05, 3.63) is 70.1 Å². The third-order valence-corrected chi connectivity index (χ3v) is 5.30. The smallest absolute Gasteiger partial charge is 0.225 e. The molecule has 26 heavy (non-hydrogen) atoms. The van der Waals surface area contributed by atoms with E-state index in [4.69, 9.17) is 11.6 Å². The predicted octanol–water partition coefficient (Wildman–Crippen LogP) is 6.51. The summed E-state index contributed by atoms with van der Waals surface area (Å²) in [5.41, 5.74) is 3.97. The molecule has 3 nitrogen and oxygen atoms in total. The highest BCUT2D eigenvalue weighted by Gasteiger charge is 2.18. The van der Waals surface area contributed by atoms with E-state index in [1.54, 1.807) is 23.5 Å². The van der Waals surface area contributed by atoms with Gasteiger partial charge in [0.2, 0.25) is 5.28 Å². The van der Waals surface area contributed by atoms with Gasteiger partial charge in [0, 0.05) is 16.1 Å². The van der Waals surface area contributed by atoms with E-state index in [9.17, 15) is 4.39 Å². The van der Waals surface area contributed by atoms with Gasteiger partial charge in [-0.15, -0.1) is 11.3 Å². The summed E-state index contributed by atoms with van der Waals surface area (Å²) in [5.74, 6) is 0.261. The molecule has 0 unspecified atom stereocenters. The zero-order chi connectivity index (χ0) is 18.3. The van der Waals surface area contributed by atoms with Gasteiger partial charge in [0.1, 0.15) is 16.5 Å². The summed E-state index contributed by atoms with van der Waals surface area (Å²) in [6.45, 7) is 4.11. The molecule has 4 rings (SSSR count). The summed E-state index contributed by atoms with van der Waals surface area (Å²) in [5, 5.41) is 4.25. The quantitative estimate of drug-likeness (QED) is 0.410. The van der Waals surface area contributed by atoms with Gasteiger partial charge in [-0.3, -0.25) is 0 Å². The Labute approximate surface area is 159 Å². The highest BCUT2D eigenvalue weighted by molar-refractivity contribution is 7.19. The number of hydrogen-bond acceptors (Lipinski definition) is 4. The number of benzene rings is 2. The molecule has 0 aliphatic carbocycles. The van der Waals surface area contributed by atoms with E-state index in [1.807, 2.05) is 0 Å². The molecule has 0 radical (unpaired) electrons. The van der Waals surface area contributed by atoms with Crippen LogP contribution in [0.2, 0.25) is 5.28 Å². The maximum absolute atomic E-state index is 13.6. The molecule has 4 aromatic rings. The lowest BCUT2D eigenvalue weighted by molar-refractivity contribution is 0.628. The first kappa shape index (κ1) is 16.9. The normalized spacial score (nSPS) is 11.1. The maximum atomic E-state index is 13.6. The van der Waals surface area contributed by atoms with Crippen LogP contribution >= 0.6 is 22.9 Å². The van der Waals surface area contributed by atoms with Crippen LogP contribution in [0.15, 0.2) is 48.5 Å². The number of nitrogens with zero attached hydrogens (tertiary/aromatic N) is 2. The Morgan fingerprint density at radius 1 is 1.04 bits per heavy atom. The summed E-state index contributed by atoms with van der Waals surface area (Å²) in [6, 6.07) is 14.6. The van der Waals surface area contributed by atoms with Gasteiger partial charge in [-0.2, -0.15) is 4.98 Å². The van der Waals surface area contributed by atoms with Crippen LogP contribution in [0.1, 0.15) is 10.4 Å². The van der Waals surface area contributed by atoms with Crippen LogP contribution in [0.5, 0.6) is 0 Å². The molecule has 0 amide bonds. The molecule has 6 heteroatoms. The van der Waals surface area contributed by atoms with Crippen molar-refractivity contribution in [3.8, 4) is 11.1 Å². The molecule has 0 saturated carbocycles. The van der Waals surface area contributed by atoms with Crippen molar-refractivity contribution in [2.24, 2.45) is 0 Å². The lowest BCUT2D eigenvalue weighted by atomic mass is 10.0. The average molecular weight is 384 g/mol. The maximum Gasteiger partial charge on any atom is 0.225 e. The lowest BCUT2D eigenvalue weighted by Crippen LogP contribution is -1.97. The SMILES string of the molecule is Cc1ccc(-c2c(C)sc3nc(Cl)nc(Nc4cccc(F)c4)c23)cc1. The van der Waals surface area contributed by atoms with Gasteiger partial charge in [-0.05, 0) is 49.2 Å². The number of anilines is 2. The zero-order valence-corrected chi connectivity index (χ0v) is 15.7. The topological polar surface area (TPSA) is 37.8 Å². The van der Waals surface area contributed by atoms with Gasteiger partial charge in [-0.1, -0.05) is 35.9 Å².